The van der Waals surface area contributed by atoms with Crippen LogP contribution in [-0.4, -0.2) is 81.2 Å². The molecule has 0 aliphatic carbocycles. The number of rotatable bonds is 8. The summed E-state index contributed by atoms with van der Waals surface area (Å²) >= 11 is 0. The molecule has 13 heteroatoms. The molecule has 50 heavy (non-hydrogen) atoms. The van der Waals surface area contributed by atoms with Gasteiger partial charge in [-0.3, -0.25) is 24.7 Å². The molecule has 1 aromatic heterocycles. The van der Waals surface area contributed by atoms with Gasteiger partial charge in [-0.15, -0.1) is 0 Å². The van der Waals surface area contributed by atoms with Crippen molar-refractivity contribution in [2.75, 3.05) is 25.0 Å². The fourth-order valence-corrected chi connectivity index (χ4v) is 5.49. The van der Waals surface area contributed by atoms with Crippen molar-refractivity contribution < 1.29 is 33.4 Å². The van der Waals surface area contributed by atoms with Crippen LogP contribution in [0.1, 0.15) is 102 Å². The Morgan fingerprint density at radius 1 is 0.920 bits per heavy atom. The number of aliphatic imine (C=N–C) groups is 1. The van der Waals surface area contributed by atoms with Gasteiger partial charge in [0.25, 0.3) is 11.7 Å². The second-order valence-corrected chi connectivity index (χ2v) is 14.4. The molecule has 3 heterocycles. The van der Waals surface area contributed by atoms with E-state index in [0.29, 0.717) is 48.6 Å². The van der Waals surface area contributed by atoms with E-state index >= 15 is 0 Å². The summed E-state index contributed by atoms with van der Waals surface area (Å²) < 4.78 is 10.9. The van der Waals surface area contributed by atoms with Crippen molar-refractivity contribution in [3.63, 3.8) is 0 Å². The van der Waals surface area contributed by atoms with E-state index in [2.05, 4.69) is 20.6 Å². The number of amidine groups is 1. The number of amides is 4. The van der Waals surface area contributed by atoms with E-state index in [1.165, 1.54) is 18.3 Å². The molecule has 4 amide bonds. The molecule has 2 aliphatic rings. The predicted molar refractivity (Wildman–Crippen MR) is 190 cm³/mol. The smallest absolute Gasteiger partial charge is 0.413 e. The molecule has 2 N–H and O–H groups in total. The van der Waals surface area contributed by atoms with E-state index in [1.807, 2.05) is 13.8 Å². The Bertz CT molecular complexity index is 1710. The molecule has 13 nitrogen and oxygen atoms in total. The number of aromatic nitrogens is 1. The van der Waals surface area contributed by atoms with E-state index in [9.17, 15) is 24.0 Å². The molecule has 0 unspecified atom stereocenters. The Morgan fingerprint density at radius 3 is 2.24 bits per heavy atom. The second kappa shape index (κ2) is 15.6. The zero-order valence-corrected chi connectivity index (χ0v) is 30.3. The summed E-state index contributed by atoms with van der Waals surface area (Å²) in [6.07, 6.45) is 4.14. The maximum absolute atomic E-state index is 13.7. The van der Waals surface area contributed by atoms with Crippen LogP contribution in [-0.2, 0) is 32.0 Å². The lowest BCUT2D eigenvalue weighted by Crippen LogP contribution is -2.40. The van der Waals surface area contributed by atoms with E-state index in [1.54, 1.807) is 69.6 Å². The van der Waals surface area contributed by atoms with Gasteiger partial charge in [-0.05, 0) is 78.2 Å². The molecule has 4 rings (SSSR count). The number of fused-ring (bicyclic) bond motifs is 2. The Morgan fingerprint density at radius 2 is 1.60 bits per heavy atom. The van der Waals surface area contributed by atoms with Gasteiger partial charge in [-0.2, -0.15) is 0 Å². The van der Waals surface area contributed by atoms with Crippen molar-refractivity contribution in [1.82, 2.24) is 20.1 Å². The van der Waals surface area contributed by atoms with E-state index in [0.717, 1.165) is 24.1 Å². The van der Waals surface area contributed by atoms with Gasteiger partial charge in [0.15, 0.2) is 0 Å². The van der Waals surface area contributed by atoms with Gasteiger partial charge in [0.05, 0.1) is 24.1 Å². The first-order valence-corrected chi connectivity index (χ1v) is 17.0. The standard InChI is InChI=1S/C37H48N6O7/c1-9-14-42(15-10-2)33(46)25-17-23-11-12-24(19-29(23)40-30(20-25)41-34(47)49-36(3,4)5)31(44)32(45)39-27-18-26-22-43(16-13-28(26)38-21-27)35(48)50-37(6,7)8/h11-12,17-19,21H,9-10,13-16,20,22H2,1-8H3,(H,39,45)(H,40,41,47). The Kier molecular flexibility index (Phi) is 11.8. The number of carbonyl (C=O) groups is 5. The molecule has 0 bridgehead atoms. The van der Waals surface area contributed by atoms with E-state index in [4.69, 9.17) is 9.47 Å². The summed E-state index contributed by atoms with van der Waals surface area (Å²) in [5, 5.41) is 5.29. The van der Waals surface area contributed by atoms with Gasteiger partial charge >= 0.3 is 12.2 Å². The monoisotopic (exact) mass is 688 g/mol. The molecular weight excluding hydrogens is 640 g/mol. The fourth-order valence-electron chi connectivity index (χ4n) is 5.49. The molecule has 268 valence electrons. The zero-order valence-electron chi connectivity index (χ0n) is 30.3. The predicted octanol–water partition coefficient (Wildman–Crippen LogP) is 6.19. The molecular formula is C37H48N6O7. The number of carbonyl (C=O) groups excluding carboxylic acids is 5. The van der Waals surface area contributed by atoms with Crippen molar-refractivity contribution in [2.24, 2.45) is 4.99 Å². The van der Waals surface area contributed by atoms with E-state index in [-0.39, 0.29) is 30.3 Å². The van der Waals surface area contributed by atoms with Crippen LogP contribution in [0.3, 0.4) is 0 Å². The normalized spacial score (nSPS) is 14.2. The topological polar surface area (TPSA) is 160 Å². The summed E-state index contributed by atoms with van der Waals surface area (Å²) in [5.74, 6) is -1.72. The third-order valence-electron chi connectivity index (χ3n) is 7.59. The minimum Gasteiger partial charge on any atom is -0.444 e. The molecule has 2 aromatic rings. The maximum Gasteiger partial charge on any atom is 0.413 e. The summed E-state index contributed by atoms with van der Waals surface area (Å²) in [6, 6.07) is 6.28. The fraction of sp³-hybridized carbons (Fsp3) is 0.486. The van der Waals surface area contributed by atoms with Gasteiger partial charge in [-0.1, -0.05) is 26.0 Å². The number of hydrogen-bond acceptors (Lipinski definition) is 9. The van der Waals surface area contributed by atoms with Gasteiger partial charge < -0.3 is 24.6 Å². The molecule has 0 spiro atoms. The molecule has 2 aliphatic heterocycles. The first-order chi connectivity index (χ1) is 23.5. The van der Waals surface area contributed by atoms with Crippen LogP contribution >= 0.6 is 0 Å². The molecule has 0 saturated carbocycles. The zero-order chi connectivity index (χ0) is 36.8. The number of ketones is 1. The number of benzene rings is 1. The number of nitrogens with zero attached hydrogens (tertiary/aromatic N) is 4. The third-order valence-corrected chi connectivity index (χ3v) is 7.59. The second-order valence-electron chi connectivity index (χ2n) is 14.4. The highest BCUT2D eigenvalue weighted by Crippen LogP contribution is 2.30. The highest BCUT2D eigenvalue weighted by atomic mass is 16.6. The minimum absolute atomic E-state index is 0.0249. The Hall–Kier alpha value is -5.07. The first-order valence-electron chi connectivity index (χ1n) is 17.0. The van der Waals surface area contributed by atoms with Gasteiger partial charge in [0, 0.05) is 54.9 Å². The number of hydrogen-bond donors (Lipinski definition) is 2. The van der Waals surface area contributed by atoms with Crippen LogP contribution in [0.25, 0.3) is 6.08 Å². The number of nitrogens with one attached hydrogen (secondary N) is 2. The van der Waals surface area contributed by atoms with Crippen LogP contribution in [0.15, 0.2) is 41.0 Å². The van der Waals surface area contributed by atoms with E-state index < -0.39 is 35.1 Å². The molecule has 1 aromatic carbocycles. The molecule has 0 fully saturated rings. The lowest BCUT2D eigenvalue weighted by atomic mass is 10.0. The average molecular weight is 689 g/mol. The molecule has 0 radical (unpaired) electrons. The van der Waals surface area contributed by atoms with Crippen LogP contribution in [0.5, 0.6) is 0 Å². The van der Waals surface area contributed by atoms with Crippen LogP contribution in [0.4, 0.5) is 21.0 Å². The number of alkyl carbamates (subject to hydrolysis) is 1. The van der Waals surface area contributed by atoms with Crippen molar-refractivity contribution in [3.8, 4) is 0 Å². The van der Waals surface area contributed by atoms with Gasteiger partial charge in [-0.25, -0.2) is 14.6 Å². The van der Waals surface area contributed by atoms with Crippen molar-refractivity contribution >= 4 is 53.1 Å². The number of ether oxygens (including phenoxy) is 2. The summed E-state index contributed by atoms with van der Waals surface area (Å²) in [6.45, 7) is 16.5. The summed E-state index contributed by atoms with van der Waals surface area (Å²) in [4.78, 5) is 78.0. The Labute approximate surface area is 293 Å². The first kappa shape index (κ1) is 37.7. The van der Waals surface area contributed by atoms with Crippen LogP contribution in [0.2, 0.25) is 0 Å². The molecule has 0 saturated heterocycles. The van der Waals surface area contributed by atoms with Gasteiger partial charge in [0.2, 0.25) is 5.91 Å². The quantitative estimate of drug-likeness (QED) is 0.246. The highest BCUT2D eigenvalue weighted by molar-refractivity contribution is 6.46. The number of anilines is 1. The third kappa shape index (κ3) is 10.2. The summed E-state index contributed by atoms with van der Waals surface area (Å²) in [7, 11) is 0. The van der Waals surface area contributed by atoms with Crippen molar-refractivity contribution in [3.05, 3.63) is 58.4 Å². The number of Topliss-reactive ketones (excluding diaryl/α,β-unsaturated/α-hetero) is 1. The van der Waals surface area contributed by atoms with Gasteiger partial charge in [0.1, 0.15) is 17.0 Å². The Balaban J connectivity index is 1.58. The lowest BCUT2D eigenvalue weighted by Gasteiger charge is -2.30. The van der Waals surface area contributed by atoms with Crippen LogP contribution in [0, 0.1) is 0 Å². The molecule has 0 atom stereocenters. The minimum atomic E-state index is -0.891. The van der Waals surface area contributed by atoms with Crippen molar-refractivity contribution in [1.29, 1.82) is 0 Å². The SMILES string of the molecule is CCCN(CCC)C(=O)C1=Cc2ccc(C(=O)C(=O)Nc3cnc4c(c3)CN(C(=O)OC(C)(C)C)CC4)cc2N=C(NC(=O)OC(C)(C)C)C1. The van der Waals surface area contributed by atoms with Crippen molar-refractivity contribution in [2.45, 2.75) is 98.8 Å². The lowest BCUT2D eigenvalue weighted by molar-refractivity contribution is -0.127. The average Bonchev–Trinajstić information content (AvgIpc) is 3.20. The largest absolute Gasteiger partial charge is 0.444 e. The highest BCUT2D eigenvalue weighted by Gasteiger charge is 2.28. The number of pyridine rings is 1. The summed E-state index contributed by atoms with van der Waals surface area (Å²) in [5.41, 5.74) is 1.77. The van der Waals surface area contributed by atoms with Crippen LogP contribution < -0.4 is 10.6 Å². The maximum atomic E-state index is 13.7.